The van der Waals surface area contributed by atoms with Crippen molar-refractivity contribution in [1.29, 1.82) is 0 Å². The van der Waals surface area contributed by atoms with Gasteiger partial charge in [0.25, 0.3) is 0 Å². The fourth-order valence-electron chi connectivity index (χ4n) is 1.76. The first-order valence-corrected chi connectivity index (χ1v) is 6.01. The number of rotatable bonds is 5. The van der Waals surface area contributed by atoms with Crippen LogP contribution in [0.4, 0.5) is 4.39 Å². The lowest BCUT2D eigenvalue weighted by Crippen LogP contribution is -2.23. The quantitative estimate of drug-likeness (QED) is 0.835. The highest BCUT2D eigenvalue weighted by atomic mass is 35.5. The second-order valence-corrected chi connectivity index (χ2v) is 4.87. The van der Waals surface area contributed by atoms with Crippen molar-refractivity contribution in [2.75, 3.05) is 13.6 Å². The van der Waals surface area contributed by atoms with Crippen LogP contribution in [0.2, 0.25) is 5.02 Å². The number of hydrogen-bond donors (Lipinski definition) is 1. The fraction of sp³-hybridized carbons (Fsp3) is 0.538. The van der Waals surface area contributed by atoms with Crippen molar-refractivity contribution in [2.24, 2.45) is 11.8 Å². The van der Waals surface area contributed by atoms with Gasteiger partial charge in [-0.05, 0) is 49.5 Å². The van der Waals surface area contributed by atoms with Gasteiger partial charge in [0.05, 0.1) is 5.02 Å². The van der Waals surface area contributed by atoms with Gasteiger partial charge < -0.3 is 5.32 Å². The summed E-state index contributed by atoms with van der Waals surface area (Å²) in [5.41, 5.74) is 1.10. The lowest BCUT2D eigenvalue weighted by molar-refractivity contribution is 0.374. The molecular formula is C13H19ClFN. The molecule has 0 aliphatic heterocycles. The second kappa shape index (κ2) is 6.21. The average molecular weight is 244 g/mol. The van der Waals surface area contributed by atoms with Crippen LogP contribution in [0.3, 0.4) is 0 Å². The van der Waals surface area contributed by atoms with Crippen molar-refractivity contribution in [3.63, 3.8) is 0 Å². The first-order chi connectivity index (χ1) is 7.54. The van der Waals surface area contributed by atoms with Crippen molar-refractivity contribution >= 4 is 11.6 Å². The zero-order valence-corrected chi connectivity index (χ0v) is 10.8. The number of hydrogen-bond acceptors (Lipinski definition) is 1. The lowest BCUT2D eigenvalue weighted by atomic mass is 9.89. The van der Waals surface area contributed by atoms with Crippen LogP contribution in [0, 0.1) is 17.7 Å². The lowest BCUT2D eigenvalue weighted by Gasteiger charge is -2.19. The van der Waals surface area contributed by atoms with Crippen molar-refractivity contribution in [2.45, 2.75) is 20.3 Å². The van der Waals surface area contributed by atoms with E-state index in [1.54, 1.807) is 6.07 Å². The van der Waals surface area contributed by atoms with Gasteiger partial charge >= 0.3 is 0 Å². The molecule has 2 atom stereocenters. The topological polar surface area (TPSA) is 12.0 Å². The van der Waals surface area contributed by atoms with Gasteiger partial charge in [0.2, 0.25) is 0 Å². The first kappa shape index (κ1) is 13.5. The van der Waals surface area contributed by atoms with Gasteiger partial charge in [-0.3, -0.25) is 0 Å². The maximum Gasteiger partial charge on any atom is 0.141 e. The molecule has 1 aromatic carbocycles. The minimum absolute atomic E-state index is 0.214. The zero-order valence-electron chi connectivity index (χ0n) is 10.1. The highest BCUT2D eigenvalue weighted by Crippen LogP contribution is 2.21. The van der Waals surface area contributed by atoms with Gasteiger partial charge in [0, 0.05) is 0 Å². The Morgan fingerprint density at radius 3 is 2.56 bits per heavy atom. The van der Waals surface area contributed by atoms with Crippen molar-refractivity contribution in [1.82, 2.24) is 5.32 Å². The summed E-state index contributed by atoms with van der Waals surface area (Å²) in [6.07, 6.45) is 0.933. The second-order valence-electron chi connectivity index (χ2n) is 4.46. The maximum atomic E-state index is 13.0. The van der Waals surface area contributed by atoms with E-state index in [1.165, 1.54) is 6.07 Å². The van der Waals surface area contributed by atoms with E-state index in [2.05, 4.69) is 19.2 Å². The minimum atomic E-state index is -0.346. The summed E-state index contributed by atoms with van der Waals surface area (Å²) < 4.78 is 13.0. The van der Waals surface area contributed by atoms with Crippen LogP contribution >= 0.6 is 11.6 Å². The van der Waals surface area contributed by atoms with E-state index in [0.717, 1.165) is 18.5 Å². The summed E-state index contributed by atoms with van der Waals surface area (Å²) in [4.78, 5) is 0. The predicted octanol–water partition coefficient (Wildman–Crippen LogP) is 3.51. The van der Waals surface area contributed by atoms with Crippen LogP contribution in [0.25, 0.3) is 0 Å². The Bertz CT molecular complexity index is 341. The highest BCUT2D eigenvalue weighted by molar-refractivity contribution is 6.30. The molecule has 0 bridgehead atoms. The van der Waals surface area contributed by atoms with Crippen molar-refractivity contribution < 1.29 is 4.39 Å². The number of benzene rings is 1. The third kappa shape index (κ3) is 3.76. The Balaban J connectivity index is 2.62. The van der Waals surface area contributed by atoms with Gasteiger partial charge in [-0.25, -0.2) is 4.39 Å². The molecule has 0 aliphatic carbocycles. The summed E-state index contributed by atoms with van der Waals surface area (Å²) in [7, 11) is 1.96. The molecule has 1 nitrogen and oxygen atoms in total. The number of nitrogens with one attached hydrogen (secondary N) is 1. The van der Waals surface area contributed by atoms with E-state index in [1.807, 2.05) is 13.1 Å². The van der Waals surface area contributed by atoms with Gasteiger partial charge in [-0.1, -0.05) is 31.5 Å². The average Bonchev–Trinajstić information content (AvgIpc) is 2.24. The normalized spacial score (nSPS) is 14.8. The van der Waals surface area contributed by atoms with Gasteiger partial charge in [0.1, 0.15) is 5.82 Å². The van der Waals surface area contributed by atoms with Gasteiger partial charge in [0.15, 0.2) is 0 Å². The molecule has 90 valence electrons. The third-order valence-corrected chi connectivity index (χ3v) is 3.33. The first-order valence-electron chi connectivity index (χ1n) is 5.63. The Kier molecular flexibility index (Phi) is 5.23. The summed E-state index contributed by atoms with van der Waals surface area (Å²) in [5, 5.41) is 3.38. The summed E-state index contributed by atoms with van der Waals surface area (Å²) in [6, 6.07) is 4.97. The van der Waals surface area contributed by atoms with E-state index in [4.69, 9.17) is 11.6 Å². The molecule has 3 heteroatoms. The van der Waals surface area contributed by atoms with Crippen LogP contribution in [-0.4, -0.2) is 13.6 Å². The number of halogens is 2. The molecule has 0 radical (unpaired) electrons. The van der Waals surface area contributed by atoms with E-state index < -0.39 is 0 Å². The van der Waals surface area contributed by atoms with Crippen LogP contribution in [0.15, 0.2) is 18.2 Å². The smallest absolute Gasteiger partial charge is 0.141 e. The Morgan fingerprint density at radius 2 is 2.00 bits per heavy atom. The molecule has 0 spiro atoms. The Morgan fingerprint density at radius 1 is 1.31 bits per heavy atom. The minimum Gasteiger partial charge on any atom is -0.319 e. The third-order valence-electron chi connectivity index (χ3n) is 3.04. The van der Waals surface area contributed by atoms with Crippen molar-refractivity contribution in [3.05, 3.63) is 34.6 Å². The molecule has 0 fully saturated rings. The molecule has 1 rings (SSSR count). The fourth-order valence-corrected chi connectivity index (χ4v) is 1.97. The van der Waals surface area contributed by atoms with Crippen LogP contribution in [0.1, 0.15) is 19.4 Å². The van der Waals surface area contributed by atoms with Crippen LogP contribution < -0.4 is 5.32 Å². The highest BCUT2D eigenvalue weighted by Gasteiger charge is 2.12. The molecule has 0 aliphatic rings. The van der Waals surface area contributed by atoms with Gasteiger partial charge in [-0.15, -0.1) is 0 Å². The van der Waals surface area contributed by atoms with E-state index >= 15 is 0 Å². The van der Waals surface area contributed by atoms with E-state index in [9.17, 15) is 4.39 Å². The molecule has 0 heterocycles. The zero-order chi connectivity index (χ0) is 12.1. The van der Waals surface area contributed by atoms with Crippen molar-refractivity contribution in [3.8, 4) is 0 Å². The Hall–Kier alpha value is -0.600. The SMILES string of the molecule is CNCC(C)C(C)Cc1ccc(F)c(Cl)c1. The molecule has 0 aromatic heterocycles. The molecule has 16 heavy (non-hydrogen) atoms. The maximum absolute atomic E-state index is 13.0. The molecule has 0 saturated heterocycles. The Labute approximate surface area is 102 Å². The standard InChI is InChI=1S/C13H19ClFN/c1-9(10(2)8-16-3)6-11-4-5-13(15)12(14)7-11/h4-5,7,9-10,16H,6,8H2,1-3H3. The van der Waals surface area contributed by atoms with E-state index in [0.29, 0.717) is 11.8 Å². The molecule has 2 unspecified atom stereocenters. The molecule has 0 saturated carbocycles. The van der Waals surface area contributed by atoms with Gasteiger partial charge in [-0.2, -0.15) is 0 Å². The summed E-state index contributed by atoms with van der Waals surface area (Å²) in [5.74, 6) is 0.796. The predicted molar refractivity (Wildman–Crippen MR) is 67.4 cm³/mol. The molecule has 1 N–H and O–H groups in total. The molecule has 0 amide bonds. The molecular weight excluding hydrogens is 225 g/mol. The summed E-state index contributed by atoms with van der Waals surface area (Å²) in [6.45, 7) is 5.42. The summed E-state index contributed by atoms with van der Waals surface area (Å²) >= 11 is 5.75. The van der Waals surface area contributed by atoms with Crippen LogP contribution in [0.5, 0.6) is 0 Å². The largest absolute Gasteiger partial charge is 0.319 e. The molecule has 1 aromatic rings. The van der Waals surface area contributed by atoms with E-state index in [-0.39, 0.29) is 10.8 Å². The van der Waals surface area contributed by atoms with Crippen LogP contribution in [-0.2, 0) is 6.42 Å². The monoisotopic (exact) mass is 243 g/mol.